The summed E-state index contributed by atoms with van der Waals surface area (Å²) in [7, 11) is 0. The SMILES string of the molecule is CCCC1(c2nnc3ccc(C(F)(F)F)cn23)CCCN1. The summed E-state index contributed by atoms with van der Waals surface area (Å²) in [6, 6.07) is 2.41. The number of halogens is 3. The lowest BCUT2D eigenvalue weighted by Gasteiger charge is -2.27. The molecule has 0 aromatic carbocycles. The van der Waals surface area contributed by atoms with E-state index in [1.165, 1.54) is 10.5 Å². The molecule has 1 atom stereocenters. The quantitative estimate of drug-likeness (QED) is 0.946. The van der Waals surface area contributed by atoms with Gasteiger partial charge >= 0.3 is 6.18 Å². The lowest BCUT2D eigenvalue weighted by molar-refractivity contribution is -0.137. The third kappa shape index (κ3) is 2.39. The summed E-state index contributed by atoms with van der Waals surface area (Å²) < 4.78 is 40.2. The number of aromatic nitrogens is 3. The maximum Gasteiger partial charge on any atom is 0.417 e. The topological polar surface area (TPSA) is 42.2 Å². The average molecular weight is 298 g/mol. The molecule has 1 N–H and O–H groups in total. The molecule has 1 aliphatic rings. The van der Waals surface area contributed by atoms with Gasteiger partial charge in [-0.15, -0.1) is 10.2 Å². The Balaban J connectivity index is 2.14. The summed E-state index contributed by atoms with van der Waals surface area (Å²) in [4.78, 5) is 0. The predicted octanol–water partition coefficient (Wildman–Crippen LogP) is 3.13. The predicted molar refractivity (Wildman–Crippen MR) is 71.8 cm³/mol. The summed E-state index contributed by atoms with van der Waals surface area (Å²) in [5, 5.41) is 11.6. The van der Waals surface area contributed by atoms with E-state index in [2.05, 4.69) is 22.4 Å². The summed E-state index contributed by atoms with van der Waals surface area (Å²) >= 11 is 0. The second-order valence-electron chi connectivity index (χ2n) is 5.53. The van der Waals surface area contributed by atoms with Gasteiger partial charge in [0.05, 0.1) is 11.1 Å². The fraction of sp³-hybridized carbons (Fsp3) is 0.571. The van der Waals surface area contributed by atoms with Crippen molar-refractivity contribution in [2.24, 2.45) is 0 Å². The molecule has 114 valence electrons. The number of rotatable bonds is 3. The van der Waals surface area contributed by atoms with E-state index in [4.69, 9.17) is 0 Å². The van der Waals surface area contributed by atoms with Crippen LogP contribution in [0.1, 0.15) is 44.0 Å². The number of hydrogen-bond donors (Lipinski definition) is 1. The van der Waals surface area contributed by atoms with E-state index in [-0.39, 0.29) is 5.54 Å². The van der Waals surface area contributed by atoms with Crippen molar-refractivity contribution < 1.29 is 13.2 Å². The Bertz CT molecular complexity index is 641. The van der Waals surface area contributed by atoms with Gasteiger partial charge in [0.2, 0.25) is 0 Å². The van der Waals surface area contributed by atoms with Crippen molar-refractivity contribution in [2.75, 3.05) is 6.54 Å². The van der Waals surface area contributed by atoms with E-state index >= 15 is 0 Å². The van der Waals surface area contributed by atoms with Crippen LogP contribution in [-0.4, -0.2) is 21.1 Å². The normalized spacial score (nSPS) is 23.0. The third-order valence-corrected chi connectivity index (χ3v) is 4.08. The molecule has 1 saturated heterocycles. The van der Waals surface area contributed by atoms with Crippen LogP contribution in [0.2, 0.25) is 0 Å². The smallest absolute Gasteiger partial charge is 0.305 e. The molecular formula is C14H17F3N4. The number of alkyl halides is 3. The first-order valence-electron chi connectivity index (χ1n) is 7.14. The number of nitrogens with zero attached hydrogens (tertiary/aromatic N) is 3. The van der Waals surface area contributed by atoms with E-state index in [0.29, 0.717) is 11.5 Å². The second kappa shape index (κ2) is 4.98. The molecule has 4 nitrogen and oxygen atoms in total. The molecule has 0 aliphatic carbocycles. The Hall–Kier alpha value is -1.63. The van der Waals surface area contributed by atoms with Gasteiger partial charge in [-0.05, 0) is 37.9 Å². The highest BCUT2D eigenvalue weighted by molar-refractivity contribution is 5.41. The molecule has 2 aromatic rings. The molecule has 1 fully saturated rings. The zero-order chi connectivity index (χ0) is 15.1. The first-order valence-corrected chi connectivity index (χ1v) is 7.14. The maximum absolute atomic E-state index is 12.9. The molecule has 7 heteroatoms. The molecule has 0 bridgehead atoms. The van der Waals surface area contributed by atoms with Gasteiger partial charge in [-0.3, -0.25) is 4.40 Å². The molecule has 21 heavy (non-hydrogen) atoms. The Morgan fingerprint density at radius 2 is 2.14 bits per heavy atom. The fourth-order valence-electron chi connectivity index (χ4n) is 3.13. The van der Waals surface area contributed by atoms with Crippen LogP contribution in [-0.2, 0) is 11.7 Å². The first kappa shape index (κ1) is 14.3. The van der Waals surface area contributed by atoms with Crippen LogP contribution < -0.4 is 5.32 Å². The second-order valence-corrected chi connectivity index (χ2v) is 5.53. The zero-order valence-electron chi connectivity index (χ0n) is 11.7. The van der Waals surface area contributed by atoms with Gasteiger partial charge in [0, 0.05) is 6.20 Å². The average Bonchev–Trinajstić information content (AvgIpc) is 3.04. The van der Waals surface area contributed by atoms with Gasteiger partial charge in [-0.25, -0.2) is 0 Å². The number of fused-ring (bicyclic) bond motifs is 1. The maximum atomic E-state index is 12.9. The molecule has 3 heterocycles. The third-order valence-electron chi connectivity index (χ3n) is 4.08. The summed E-state index contributed by atoms with van der Waals surface area (Å²) in [6.45, 7) is 2.92. The van der Waals surface area contributed by atoms with Crippen LogP contribution in [0.5, 0.6) is 0 Å². The van der Waals surface area contributed by atoms with Gasteiger partial charge in [-0.1, -0.05) is 13.3 Å². The van der Waals surface area contributed by atoms with Crippen molar-refractivity contribution in [3.63, 3.8) is 0 Å². The van der Waals surface area contributed by atoms with Crippen molar-refractivity contribution >= 4 is 5.65 Å². The minimum Gasteiger partial charge on any atom is -0.305 e. The monoisotopic (exact) mass is 298 g/mol. The summed E-state index contributed by atoms with van der Waals surface area (Å²) in [5.41, 5.74) is -0.596. The fourth-order valence-corrected chi connectivity index (χ4v) is 3.13. The summed E-state index contributed by atoms with van der Waals surface area (Å²) in [6.07, 6.45) is 0.371. The van der Waals surface area contributed by atoms with E-state index in [1.807, 2.05) is 0 Å². The van der Waals surface area contributed by atoms with Gasteiger partial charge in [0.1, 0.15) is 0 Å². The standard InChI is InChI=1S/C14H17F3N4/c1-2-6-13(7-3-8-18-13)12-20-19-11-5-4-10(9-21(11)12)14(15,16)17/h4-5,9,18H,2-3,6-8H2,1H3. The van der Waals surface area contributed by atoms with E-state index in [0.717, 1.165) is 44.5 Å². The van der Waals surface area contributed by atoms with Crippen LogP contribution in [0.3, 0.4) is 0 Å². The van der Waals surface area contributed by atoms with Crippen LogP contribution in [0.25, 0.3) is 5.65 Å². The zero-order valence-corrected chi connectivity index (χ0v) is 11.7. The van der Waals surface area contributed by atoms with Gasteiger partial charge in [-0.2, -0.15) is 13.2 Å². The Morgan fingerprint density at radius 1 is 1.33 bits per heavy atom. The van der Waals surface area contributed by atoms with Crippen molar-refractivity contribution in [3.8, 4) is 0 Å². The molecule has 0 saturated carbocycles. The van der Waals surface area contributed by atoms with Crippen LogP contribution in [0.4, 0.5) is 13.2 Å². The molecule has 1 aliphatic heterocycles. The van der Waals surface area contributed by atoms with E-state index < -0.39 is 11.7 Å². The highest BCUT2D eigenvalue weighted by Crippen LogP contribution is 2.35. The number of nitrogens with one attached hydrogen (secondary N) is 1. The highest BCUT2D eigenvalue weighted by Gasteiger charge is 2.39. The summed E-state index contributed by atoms with van der Waals surface area (Å²) in [5.74, 6) is 0.586. The van der Waals surface area contributed by atoms with Crippen molar-refractivity contribution in [1.82, 2.24) is 19.9 Å². The highest BCUT2D eigenvalue weighted by atomic mass is 19.4. The molecule has 0 amide bonds. The minimum atomic E-state index is -4.36. The van der Waals surface area contributed by atoms with E-state index in [1.54, 1.807) is 0 Å². The molecule has 3 rings (SSSR count). The van der Waals surface area contributed by atoms with E-state index in [9.17, 15) is 13.2 Å². The van der Waals surface area contributed by atoms with Gasteiger partial charge in [0.15, 0.2) is 11.5 Å². The van der Waals surface area contributed by atoms with Gasteiger partial charge in [0.25, 0.3) is 0 Å². The lowest BCUT2D eigenvalue weighted by atomic mass is 9.91. The largest absolute Gasteiger partial charge is 0.417 e. The lowest BCUT2D eigenvalue weighted by Crippen LogP contribution is -2.38. The molecular weight excluding hydrogens is 281 g/mol. The van der Waals surface area contributed by atoms with Crippen LogP contribution in [0, 0.1) is 0 Å². The van der Waals surface area contributed by atoms with Crippen LogP contribution >= 0.6 is 0 Å². The Morgan fingerprint density at radius 3 is 2.76 bits per heavy atom. The molecule has 2 aromatic heterocycles. The van der Waals surface area contributed by atoms with Gasteiger partial charge < -0.3 is 5.32 Å². The first-order chi connectivity index (χ1) is 9.96. The molecule has 0 spiro atoms. The Kier molecular flexibility index (Phi) is 3.39. The molecule has 1 unspecified atom stereocenters. The minimum absolute atomic E-state index is 0.363. The van der Waals surface area contributed by atoms with Crippen LogP contribution in [0.15, 0.2) is 18.3 Å². The van der Waals surface area contributed by atoms with Crippen molar-refractivity contribution in [1.29, 1.82) is 0 Å². The van der Waals surface area contributed by atoms with Crippen molar-refractivity contribution in [3.05, 3.63) is 29.7 Å². The Labute approximate surface area is 120 Å². The number of hydrogen-bond acceptors (Lipinski definition) is 3. The molecule has 0 radical (unpaired) electrons. The number of pyridine rings is 1. The van der Waals surface area contributed by atoms with Crippen molar-refractivity contribution in [2.45, 2.75) is 44.3 Å².